The molecule has 0 rings (SSSR count). The van der Waals surface area contributed by atoms with E-state index in [0.717, 1.165) is 12.5 Å². The molecule has 0 unspecified atom stereocenters. The van der Waals surface area contributed by atoms with Crippen molar-refractivity contribution in [3.05, 3.63) is 0 Å². The van der Waals surface area contributed by atoms with Gasteiger partial charge in [-0.1, -0.05) is 67.8 Å². The van der Waals surface area contributed by atoms with E-state index in [0.29, 0.717) is 0 Å². The zero-order valence-electron chi connectivity index (χ0n) is 4.11. The van der Waals surface area contributed by atoms with Gasteiger partial charge in [-0.2, -0.15) is 0 Å². The van der Waals surface area contributed by atoms with Crippen LogP contribution >= 0.6 is 74.9 Å². The highest BCUT2D eigenvalue weighted by molar-refractivity contribution is 14.1. The SMILES string of the molecule is O=P(CI)(CI)CI. The number of hydrogen-bond acceptors (Lipinski definition) is 1. The van der Waals surface area contributed by atoms with Crippen molar-refractivity contribution < 1.29 is 4.57 Å². The summed E-state index contributed by atoms with van der Waals surface area (Å²) in [6.45, 7) is 0. The zero-order chi connectivity index (χ0) is 6.62. The van der Waals surface area contributed by atoms with Gasteiger partial charge in [-0.05, 0) is 0 Å². The van der Waals surface area contributed by atoms with Gasteiger partial charge in [0, 0.05) is 0 Å². The van der Waals surface area contributed by atoms with E-state index in [1.165, 1.54) is 0 Å². The van der Waals surface area contributed by atoms with Gasteiger partial charge < -0.3 is 4.57 Å². The number of alkyl halides is 3. The molecule has 0 amide bonds. The first-order valence-corrected chi connectivity index (χ1v) is 8.77. The van der Waals surface area contributed by atoms with Crippen LogP contribution in [0.5, 0.6) is 0 Å². The van der Waals surface area contributed by atoms with Crippen LogP contribution in [0.3, 0.4) is 0 Å². The Labute approximate surface area is 90.5 Å². The lowest BCUT2D eigenvalue weighted by molar-refractivity contribution is 0.585. The molecule has 0 N–H and O–H groups in total. The third-order valence-electron chi connectivity index (χ3n) is 0.653. The number of hydrogen-bond donors (Lipinski definition) is 0. The molecule has 0 saturated heterocycles. The van der Waals surface area contributed by atoms with Crippen LogP contribution in [0.15, 0.2) is 0 Å². The summed E-state index contributed by atoms with van der Waals surface area (Å²) in [5.41, 5.74) is 0. The summed E-state index contributed by atoms with van der Waals surface area (Å²) in [5.74, 6) is 0. The molecule has 5 heteroatoms. The van der Waals surface area contributed by atoms with Crippen LogP contribution < -0.4 is 0 Å². The highest BCUT2D eigenvalue weighted by Gasteiger charge is 2.15. The lowest BCUT2D eigenvalue weighted by Crippen LogP contribution is -1.82. The predicted octanol–water partition coefficient (Wildman–Crippen LogP) is 3.53. The lowest BCUT2D eigenvalue weighted by atomic mass is 11.8. The summed E-state index contributed by atoms with van der Waals surface area (Å²) < 4.78 is 13.8. The fourth-order valence-corrected chi connectivity index (χ4v) is 12.9. The second kappa shape index (κ2) is 5.12. The smallest absolute Gasteiger partial charge is 0.115 e. The molecule has 0 radical (unpaired) electrons. The average molecular weight is 470 g/mol. The molecule has 0 aromatic heterocycles. The van der Waals surface area contributed by atoms with E-state index >= 15 is 0 Å². The minimum Gasteiger partial charge on any atom is -0.321 e. The second-order valence-corrected chi connectivity index (χ2v) is 10.4. The molecule has 0 saturated carbocycles. The molecule has 0 spiro atoms. The standard InChI is InChI=1S/C3H6I3OP/c4-1-8(7,2-5)3-6/h1-3H2. The summed E-state index contributed by atoms with van der Waals surface area (Å²) in [5, 5.41) is 0. The van der Waals surface area contributed by atoms with Crippen LogP contribution in [0.4, 0.5) is 0 Å². The molecule has 0 aliphatic rings. The first kappa shape index (κ1) is 10.4. The van der Waals surface area contributed by atoms with E-state index in [1.807, 2.05) is 0 Å². The van der Waals surface area contributed by atoms with Crippen molar-refractivity contribution in [3.63, 3.8) is 0 Å². The van der Waals surface area contributed by atoms with Gasteiger partial charge in [0.15, 0.2) is 0 Å². The second-order valence-electron chi connectivity index (χ2n) is 1.42. The van der Waals surface area contributed by atoms with Crippen LogP contribution in [0.25, 0.3) is 0 Å². The highest BCUT2D eigenvalue weighted by atomic mass is 127. The highest BCUT2D eigenvalue weighted by Crippen LogP contribution is 2.50. The molecule has 8 heavy (non-hydrogen) atoms. The van der Waals surface area contributed by atoms with E-state index in [4.69, 9.17) is 0 Å². The zero-order valence-corrected chi connectivity index (χ0v) is 11.5. The van der Waals surface area contributed by atoms with Crippen LogP contribution in [0.2, 0.25) is 0 Å². The maximum absolute atomic E-state index is 11.3. The van der Waals surface area contributed by atoms with Crippen molar-refractivity contribution >= 4 is 74.9 Å². The first-order valence-electron chi connectivity index (χ1n) is 1.93. The molecular formula is C3H6I3OP. The van der Waals surface area contributed by atoms with Gasteiger partial charge in [0.2, 0.25) is 0 Å². The molecule has 0 aromatic carbocycles. The Morgan fingerprint density at radius 2 is 1.25 bits per heavy atom. The quantitative estimate of drug-likeness (QED) is 0.351. The third-order valence-corrected chi connectivity index (χ3v) is 13.2. The Morgan fingerprint density at radius 3 is 1.25 bits per heavy atom. The molecular weight excluding hydrogens is 464 g/mol. The Kier molecular flexibility index (Phi) is 6.67. The molecule has 0 heterocycles. The topological polar surface area (TPSA) is 17.1 Å². The summed E-state index contributed by atoms with van der Waals surface area (Å²) in [4.78, 5) is 0. The summed E-state index contributed by atoms with van der Waals surface area (Å²) in [6.07, 6.45) is 0. The molecule has 0 aliphatic carbocycles. The summed E-state index contributed by atoms with van der Waals surface area (Å²) >= 11 is 6.58. The van der Waals surface area contributed by atoms with E-state index in [9.17, 15) is 4.57 Å². The largest absolute Gasteiger partial charge is 0.321 e. The summed E-state index contributed by atoms with van der Waals surface area (Å²) in [6, 6.07) is 0. The minimum atomic E-state index is -1.70. The van der Waals surface area contributed by atoms with Gasteiger partial charge in [0.25, 0.3) is 0 Å². The van der Waals surface area contributed by atoms with Crippen molar-refractivity contribution in [1.29, 1.82) is 0 Å². The van der Waals surface area contributed by atoms with Gasteiger partial charge in [0.05, 0.1) is 12.5 Å². The van der Waals surface area contributed by atoms with Crippen LogP contribution in [-0.4, -0.2) is 12.5 Å². The Hall–Kier alpha value is 2.42. The normalized spacial score (nSPS) is 11.9. The molecule has 0 atom stereocenters. The molecule has 0 aromatic rings. The van der Waals surface area contributed by atoms with Crippen LogP contribution in [-0.2, 0) is 4.57 Å². The van der Waals surface area contributed by atoms with Crippen LogP contribution in [0, 0.1) is 0 Å². The predicted molar refractivity (Wildman–Crippen MR) is 64.3 cm³/mol. The summed E-state index contributed by atoms with van der Waals surface area (Å²) in [7, 11) is -1.70. The Balaban J connectivity index is 3.79. The van der Waals surface area contributed by atoms with Crippen LogP contribution in [0.1, 0.15) is 0 Å². The van der Waals surface area contributed by atoms with Gasteiger partial charge in [-0.25, -0.2) is 0 Å². The van der Waals surface area contributed by atoms with Crippen molar-refractivity contribution in [1.82, 2.24) is 0 Å². The van der Waals surface area contributed by atoms with Gasteiger partial charge in [-0.15, -0.1) is 0 Å². The first-order chi connectivity index (χ1) is 3.68. The molecule has 0 bridgehead atoms. The molecule has 0 aliphatic heterocycles. The van der Waals surface area contributed by atoms with E-state index in [2.05, 4.69) is 67.8 Å². The monoisotopic (exact) mass is 470 g/mol. The van der Waals surface area contributed by atoms with Crippen molar-refractivity contribution in [2.24, 2.45) is 0 Å². The lowest BCUT2D eigenvalue weighted by Gasteiger charge is -2.05. The number of halogens is 3. The minimum absolute atomic E-state index is 0.830. The molecule has 1 nitrogen and oxygen atoms in total. The van der Waals surface area contributed by atoms with Gasteiger partial charge in [0.1, 0.15) is 7.14 Å². The van der Waals surface area contributed by atoms with E-state index in [-0.39, 0.29) is 0 Å². The van der Waals surface area contributed by atoms with Gasteiger partial charge >= 0.3 is 0 Å². The third kappa shape index (κ3) is 3.55. The Bertz CT molecular complexity index is 85.7. The van der Waals surface area contributed by atoms with Crippen molar-refractivity contribution in [3.8, 4) is 0 Å². The maximum atomic E-state index is 11.3. The fourth-order valence-electron chi connectivity index (χ4n) is 0.0958. The maximum Gasteiger partial charge on any atom is 0.115 e. The van der Waals surface area contributed by atoms with Crippen molar-refractivity contribution in [2.45, 2.75) is 0 Å². The average Bonchev–Trinajstić information content (AvgIpc) is 1.87. The molecule has 50 valence electrons. The molecule has 0 fully saturated rings. The van der Waals surface area contributed by atoms with Crippen molar-refractivity contribution in [2.75, 3.05) is 12.5 Å². The van der Waals surface area contributed by atoms with Gasteiger partial charge in [-0.3, -0.25) is 0 Å². The fraction of sp³-hybridized carbons (Fsp3) is 1.00. The van der Waals surface area contributed by atoms with E-state index < -0.39 is 7.14 Å². The number of rotatable bonds is 3. The van der Waals surface area contributed by atoms with E-state index in [1.54, 1.807) is 0 Å². The Morgan fingerprint density at radius 1 is 1.00 bits per heavy atom.